The fourth-order valence-corrected chi connectivity index (χ4v) is 4.05. The molecule has 0 aliphatic heterocycles. The third-order valence-electron chi connectivity index (χ3n) is 5.63. The molecule has 1 aromatic carbocycles. The van der Waals surface area contributed by atoms with Crippen LogP contribution in [0.15, 0.2) is 48.6 Å². The minimum atomic E-state index is 0.0871. The van der Waals surface area contributed by atoms with Gasteiger partial charge in [-0.05, 0) is 48.3 Å². The molecule has 0 N–H and O–H groups in total. The molecule has 1 aromatic rings. The van der Waals surface area contributed by atoms with E-state index in [4.69, 9.17) is 0 Å². The number of hydrogen-bond acceptors (Lipinski definition) is 0. The van der Waals surface area contributed by atoms with E-state index in [1.54, 1.807) is 5.57 Å². The highest BCUT2D eigenvalue weighted by Gasteiger charge is 2.41. The van der Waals surface area contributed by atoms with Crippen molar-refractivity contribution >= 4 is 11.1 Å². The average Bonchev–Trinajstić information content (AvgIpc) is 2.51. The molecule has 23 heavy (non-hydrogen) atoms. The van der Waals surface area contributed by atoms with Gasteiger partial charge in [0.1, 0.15) is 0 Å². The van der Waals surface area contributed by atoms with Crippen molar-refractivity contribution in [3.05, 3.63) is 59.7 Å². The van der Waals surface area contributed by atoms with Crippen LogP contribution in [-0.2, 0) is 0 Å². The number of allylic oxidation sites excluding steroid dienone is 5. The van der Waals surface area contributed by atoms with E-state index in [1.807, 2.05) is 0 Å². The quantitative estimate of drug-likeness (QED) is 0.512. The van der Waals surface area contributed by atoms with Crippen LogP contribution in [0.5, 0.6) is 0 Å². The maximum Gasteiger partial charge on any atom is 0.0113 e. The second kappa shape index (κ2) is 6.51. The summed E-state index contributed by atoms with van der Waals surface area (Å²) in [7, 11) is 0. The minimum absolute atomic E-state index is 0.0871. The Kier molecular flexibility index (Phi) is 5.04. The third kappa shape index (κ3) is 3.22. The molecule has 0 bridgehead atoms. The zero-order chi connectivity index (χ0) is 17.3. The highest BCUT2D eigenvalue weighted by Crippen LogP contribution is 2.55. The van der Waals surface area contributed by atoms with Gasteiger partial charge in [0.25, 0.3) is 0 Å². The first-order valence-electron chi connectivity index (χ1n) is 8.94. The summed E-state index contributed by atoms with van der Waals surface area (Å²) in [4.78, 5) is 0. The van der Waals surface area contributed by atoms with E-state index < -0.39 is 0 Å². The molecule has 0 nitrogen and oxygen atoms in total. The minimum Gasteiger partial charge on any atom is -0.0955 e. The van der Waals surface area contributed by atoms with Crippen LogP contribution in [-0.4, -0.2) is 0 Å². The van der Waals surface area contributed by atoms with Gasteiger partial charge in [-0.2, -0.15) is 0 Å². The van der Waals surface area contributed by atoms with Gasteiger partial charge in [0.2, 0.25) is 0 Å². The molecule has 0 fully saturated rings. The molecule has 0 heteroatoms. The summed E-state index contributed by atoms with van der Waals surface area (Å²) in [5.74, 6) is 0. The lowest BCUT2D eigenvalue weighted by atomic mass is 9.58. The summed E-state index contributed by atoms with van der Waals surface area (Å²) < 4.78 is 0. The van der Waals surface area contributed by atoms with Gasteiger partial charge in [0.05, 0.1) is 0 Å². The molecule has 0 unspecified atom stereocenters. The van der Waals surface area contributed by atoms with E-state index in [-0.39, 0.29) is 5.41 Å². The standard InChI is InChI=1S/C23H32/c1-8-10-21-22(5,6)20(15-16-23(21,7)9-2)19-13-11-18(12-14-19)17(3)4/h10-15H,3,8-9,16H2,1-2,4-7H3/b21-10-/t23-/m0/s1. The molecule has 2 rings (SSSR count). The lowest BCUT2D eigenvalue weighted by Crippen LogP contribution is -2.33. The summed E-state index contributed by atoms with van der Waals surface area (Å²) in [6.07, 6.45) is 8.39. The third-order valence-corrected chi connectivity index (χ3v) is 5.63. The van der Waals surface area contributed by atoms with Gasteiger partial charge in [-0.15, -0.1) is 0 Å². The fourth-order valence-electron chi connectivity index (χ4n) is 4.05. The molecule has 1 atom stereocenters. The first-order valence-corrected chi connectivity index (χ1v) is 8.94. The molecule has 0 radical (unpaired) electrons. The Labute approximate surface area is 143 Å². The maximum atomic E-state index is 4.04. The molecular weight excluding hydrogens is 276 g/mol. The second-order valence-corrected chi connectivity index (χ2v) is 7.74. The van der Waals surface area contributed by atoms with Crippen LogP contribution in [0, 0.1) is 10.8 Å². The number of benzene rings is 1. The lowest BCUT2D eigenvalue weighted by Gasteiger charge is -2.46. The van der Waals surface area contributed by atoms with Crippen molar-refractivity contribution in [2.75, 3.05) is 0 Å². The molecule has 0 saturated heterocycles. The Morgan fingerprint density at radius 1 is 1.13 bits per heavy atom. The Hall–Kier alpha value is -1.56. The van der Waals surface area contributed by atoms with Crippen LogP contribution in [0.25, 0.3) is 11.1 Å². The summed E-state index contributed by atoms with van der Waals surface area (Å²) in [6, 6.07) is 8.92. The van der Waals surface area contributed by atoms with E-state index in [1.165, 1.54) is 23.1 Å². The predicted octanol–water partition coefficient (Wildman–Crippen LogP) is 7.29. The normalized spacial score (nSPS) is 25.3. The van der Waals surface area contributed by atoms with Gasteiger partial charge < -0.3 is 0 Å². The van der Waals surface area contributed by atoms with Gasteiger partial charge in [-0.1, -0.05) is 88.8 Å². The van der Waals surface area contributed by atoms with E-state index >= 15 is 0 Å². The van der Waals surface area contributed by atoms with Crippen molar-refractivity contribution < 1.29 is 0 Å². The summed E-state index contributed by atoms with van der Waals surface area (Å²) >= 11 is 0. The molecule has 0 spiro atoms. The van der Waals surface area contributed by atoms with Crippen molar-refractivity contribution in [2.24, 2.45) is 10.8 Å². The monoisotopic (exact) mass is 308 g/mol. The Morgan fingerprint density at radius 2 is 1.74 bits per heavy atom. The smallest absolute Gasteiger partial charge is 0.0113 e. The van der Waals surface area contributed by atoms with Crippen LogP contribution >= 0.6 is 0 Å². The van der Waals surface area contributed by atoms with Gasteiger partial charge in [-0.3, -0.25) is 0 Å². The van der Waals surface area contributed by atoms with Crippen molar-refractivity contribution in [3.8, 4) is 0 Å². The SMILES string of the molecule is C=C(C)c1ccc(C2=CC[C@](C)(CC)/C(=C\CC)C2(C)C)cc1. The molecule has 1 aliphatic rings. The topological polar surface area (TPSA) is 0 Å². The largest absolute Gasteiger partial charge is 0.0955 e. The van der Waals surface area contributed by atoms with Crippen molar-refractivity contribution in [3.63, 3.8) is 0 Å². The summed E-state index contributed by atoms with van der Waals surface area (Å²) in [6.45, 7) is 17.9. The first-order chi connectivity index (χ1) is 10.8. The van der Waals surface area contributed by atoms with Crippen molar-refractivity contribution in [2.45, 2.75) is 60.8 Å². The fraction of sp³-hybridized carbons (Fsp3) is 0.478. The van der Waals surface area contributed by atoms with Crippen molar-refractivity contribution in [1.82, 2.24) is 0 Å². The van der Waals surface area contributed by atoms with Gasteiger partial charge >= 0.3 is 0 Å². The van der Waals surface area contributed by atoms with E-state index in [9.17, 15) is 0 Å². The highest BCUT2D eigenvalue weighted by molar-refractivity contribution is 5.76. The molecule has 124 valence electrons. The van der Waals surface area contributed by atoms with Gasteiger partial charge in [-0.25, -0.2) is 0 Å². The summed E-state index contributed by atoms with van der Waals surface area (Å²) in [5.41, 5.74) is 7.15. The molecule has 0 amide bonds. The Balaban J connectivity index is 2.51. The summed E-state index contributed by atoms with van der Waals surface area (Å²) in [5, 5.41) is 0. The maximum absolute atomic E-state index is 4.04. The predicted molar refractivity (Wildman–Crippen MR) is 104 cm³/mol. The average molecular weight is 309 g/mol. The zero-order valence-corrected chi connectivity index (χ0v) is 15.8. The molecule has 0 aromatic heterocycles. The van der Waals surface area contributed by atoms with E-state index in [0.29, 0.717) is 5.41 Å². The van der Waals surface area contributed by atoms with Crippen molar-refractivity contribution in [1.29, 1.82) is 0 Å². The highest BCUT2D eigenvalue weighted by atomic mass is 14.5. The van der Waals surface area contributed by atoms with Crippen LogP contribution < -0.4 is 0 Å². The van der Waals surface area contributed by atoms with E-state index in [2.05, 4.69) is 84.5 Å². The number of hydrogen-bond donors (Lipinski definition) is 0. The lowest BCUT2D eigenvalue weighted by molar-refractivity contribution is 0.310. The van der Waals surface area contributed by atoms with Gasteiger partial charge in [0, 0.05) is 5.41 Å². The molecule has 0 heterocycles. The van der Waals surface area contributed by atoms with E-state index in [0.717, 1.165) is 18.4 Å². The van der Waals surface area contributed by atoms with Crippen LogP contribution in [0.2, 0.25) is 0 Å². The zero-order valence-electron chi connectivity index (χ0n) is 15.8. The Bertz CT molecular complexity index is 637. The van der Waals surface area contributed by atoms with Crippen LogP contribution in [0.1, 0.15) is 71.9 Å². The van der Waals surface area contributed by atoms with Crippen LogP contribution in [0.4, 0.5) is 0 Å². The molecular formula is C23H32. The second-order valence-electron chi connectivity index (χ2n) is 7.74. The molecule has 1 aliphatic carbocycles. The number of rotatable bonds is 4. The Morgan fingerprint density at radius 3 is 2.22 bits per heavy atom. The molecule has 0 saturated carbocycles. The van der Waals surface area contributed by atoms with Crippen LogP contribution in [0.3, 0.4) is 0 Å². The first kappa shape index (κ1) is 17.8. The van der Waals surface area contributed by atoms with Gasteiger partial charge in [0.15, 0.2) is 0 Å².